The maximum Gasteiger partial charge on any atom is 0.168 e. The molecule has 0 atom stereocenters. The number of halogens is 2. The molecule has 1 heterocycles. The van der Waals surface area contributed by atoms with Crippen LogP contribution in [0, 0.1) is 0 Å². The van der Waals surface area contributed by atoms with Crippen LogP contribution in [0.15, 0.2) is 30.5 Å². The fourth-order valence-electron chi connectivity index (χ4n) is 1.21. The Bertz CT molecular complexity index is 543. The van der Waals surface area contributed by atoms with E-state index in [4.69, 9.17) is 23.2 Å². The van der Waals surface area contributed by atoms with Crippen molar-refractivity contribution in [3.63, 3.8) is 0 Å². The van der Waals surface area contributed by atoms with Crippen LogP contribution in [-0.4, -0.2) is 16.3 Å². The van der Waals surface area contributed by atoms with Crippen LogP contribution in [0.25, 0.3) is 11.4 Å². The zero-order valence-corrected chi connectivity index (χ0v) is 9.53. The molecule has 3 nitrogen and oxygen atoms in total. The lowest BCUT2D eigenvalue weighted by atomic mass is 10.2. The Morgan fingerprint density at radius 1 is 1.12 bits per heavy atom. The van der Waals surface area contributed by atoms with Gasteiger partial charge in [0, 0.05) is 11.8 Å². The number of aldehydes is 1. The predicted molar refractivity (Wildman–Crippen MR) is 62.9 cm³/mol. The fourth-order valence-corrected chi connectivity index (χ4v) is 1.51. The van der Waals surface area contributed by atoms with Gasteiger partial charge in [-0.3, -0.25) is 4.79 Å². The number of aromatic nitrogens is 2. The van der Waals surface area contributed by atoms with E-state index in [0.717, 1.165) is 5.56 Å². The minimum absolute atomic E-state index is 0.330. The maximum atomic E-state index is 10.6. The summed E-state index contributed by atoms with van der Waals surface area (Å²) in [5, 5.41) is 0.899. The van der Waals surface area contributed by atoms with Gasteiger partial charge in [-0.1, -0.05) is 23.2 Å². The standard InChI is InChI=1S/C11H6Cl2N2O/c12-9-2-1-7(5-10(9)13)11-14-4-3-8(6-16)15-11/h1-6H. The number of hydrogen-bond acceptors (Lipinski definition) is 3. The van der Waals surface area contributed by atoms with Crippen LogP contribution in [0.1, 0.15) is 10.5 Å². The lowest BCUT2D eigenvalue weighted by Crippen LogP contribution is -1.93. The smallest absolute Gasteiger partial charge is 0.168 e. The molecule has 0 aliphatic heterocycles. The highest BCUT2D eigenvalue weighted by Gasteiger charge is 2.05. The summed E-state index contributed by atoms with van der Waals surface area (Å²) in [5.41, 5.74) is 1.05. The molecule has 0 bridgehead atoms. The SMILES string of the molecule is O=Cc1ccnc(-c2ccc(Cl)c(Cl)c2)n1. The lowest BCUT2D eigenvalue weighted by Gasteiger charge is -2.02. The monoisotopic (exact) mass is 252 g/mol. The summed E-state index contributed by atoms with van der Waals surface area (Å²) in [5.74, 6) is 0.447. The maximum absolute atomic E-state index is 10.6. The van der Waals surface area contributed by atoms with Gasteiger partial charge in [0.15, 0.2) is 12.1 Å². The summed E-state index contributed by atoms with van der Waals surface area (Å²) in [7, 11) is 0. The molecule has 0 saturated heterocycles. The quantitative estimate of drug-likeness (QED) is 0.771. The van der Waals surface area contributed by atoms with E-state index in [2.05, 4.69) is 9.97 Å². The van der Waals surface area contributed by atoms with Crippen molar-refractivity contribution in [2.75, 3.05) is 0 Å². The third-order valence-electron chi connectivity index (χ3n) is 1.98. The van der Waals surface area contributed by atoms with Crippen LogP contribution in [0.3, 0.4) is 0 Å². The highest BCUT2D eigenvalue weighted by Crippen LogP contribution is 2.26. The minimum Gasteiger partial charge on any atom is -0.296 e. The Kier molecular flexibility index (Phi) is 3.17. The van der Waals surface area contributed by atoms with Gasteiger partial charge in [-0.15, -0.1) is 0 Å². The van der Waals surface area contributed by atoms with E-state index in [0.29, 0.717) is 27.8 Å². The summed E-state index contributed by atoms with van der Waals surface area (Å²) in [6, 6.07) is 6.61. The van der Waals surface area contributed by atoms with Crippen molar-refractivity contribution >= 4 is 29.5 Å². The van der Waals surface area contributed by atoms with Gasteiger partial charge in [-0.05, 0) is 24.3 Å². The largest absolute Gasteiger partial charge is 0.296 e. The molecule has 0 N–H and O–H groups in total. The van der Waals surface area contributed by atoms with Gasteiger partial charge < -0.3 is 0 Å². The molecule has 2 aromatic rings. The number of rotatable bonds is 2. The summed E-state index contributed by atoms with van der Waals surface area (Å²) in [6.45, 7) is 0. The Morgan fingerprint density at radius 2 is 1.94 bits per heavy atom. The molecule has 0 fully saturated rings. The summed E-state index contributed by atoms with van der Waals surface area (Å²) in [6.07, 6.45) is 2.19. The molecule has 0 aliphatic rings. The van der Waals surface area contributed by atoms with Crippen LogP contribution in [-0.2, 0) is 0 Å². The van der Waals surface area contributed by atoms with Crippen LogP contribution >= 0.6 is 23.2 Å². The van der Waals surface area contributed by atoms with Crippen molar-refractivity contribution in [2.45, 2.75) is 0 Å². The topological polar surface area (TPSA) is 42.9 Å². The average molecular weight is 253 g/mol. The molecular weight excluding hydrogens is 247 g/mol. The lowest BCUT2D eigenvalue weighted by molar-refractivity contribution is 0.111. The molecule has 0 aliphatic carbocycles. The first-order chi connectivity index (χ1) is 7.70. The third kappa shape index (κ3) is 2.21. The minimum atomic E-state index is 0.330. The number of nitrogens with zero attached hydrogens (tertiary/aromatic N) is 2. The van der Waals surface area contributed by atoms with Gasteiger partial charge in [0.2, 0.25) is 0 Å². The van der Waals surface area contributed by atoms with E-state index in [1.807, 2.05) is 0 Å². The molecule has 0 amide bonds. The van der Waals surface area contributed by atoms with E-state index < -0.39 is 0 Å². The molecule has 1 aromatic heterocycles. The third-order valence-corrected chi connectivity index (χ3v) is 2.71. The fraction of sp³-hybridized carbons (Fsp3) is 0. The molecule has 0 radical (unpaired) electrons. The van der Waals surface area contributed by atoms with Gasteiger partial charge >= 0.3 is 0 Å². The van der Waals surface area contributed by atoms with Gasteiger partial charge in [0.05, 0.1) is 10.0 Å². The second kappa shape index (κ2) is 4.60. The molecular formula is C11H6Cl2N2O. The Balaban J connectivity index is 2.49. The van der Waals surface area contributed by atoms with Gasteiger partial charge in [0.25, 0.3) is 0 Å². The first-order valence-electron chi connectivity index (χ1n) is 4.44. The highest BCUT2D eigenvalue weighted by molar-refractivity contribution is 6.42. The van der Waals surface area contributed by atoms with E-state index in [-0.39, 0.29) is 0 Å². The van der Waals surface area contributed by atoms with E-state index in [9.17, 15) is 4.79 Å². The predicted octanol–water partition coefficient (Wildman–Crippen LogP) is 3.26. The van der Waals surface area contributed by atoms with Crippen molar-refractivity contribution in [2.24, 2.45) is 0 Å². The summed E-state index contributed by atoms with van der Waals surface area (Å²) in [4.78, 5) is 18.7. The van der Waals surface area contributed by atoms with Crippen LogP contribution in [0.5, 0.6) is 0 Å². The highest BCUT2D eigenvalue weighted by atomic mass is 35.5. The zero-order chi connectivity index (χ0) is 11.5. The normalized spacial score (nSPS) is 10.1. The molecule has 0 unspecified atom stereocenters. The first-order valence-corrected chi connectivity index (χ1v) is 5.20. The van der Waals surface area contributed by atoms with Gasteiger partial charge in [-0.25, -0.2) is 9.97 Å². The molecule has 5 heteroatoms. The van der Waals surface area contributed by atoms with Crippen LogP contribution in [0.4, 0.5) is 0 Å². The Morgan fingerprint density at radius 3 is 2.62 bits per heavy atom. The second-order valence-corrected chi connectivity index (χ2v) is 3.87. The zero-order valence-electron chi connectivity index (χ0n) is 8.02. The molecule has 16 heavy (non-hydrogen) atoms. The molecule has 1 aromatic carbocycles. The summed E-state index contributed by atoms with van der Waals surface area (Å²) < 4.78 is 0. The van der Waals surface area contributed by atoms with Gasteiger partial charge in [-0.2, -0.15) is 0 Å². The van der Waals surface area contributed by atoms with Crippen molar-refractivity contribution in [1.82, 2.24) is 9.97 Å². The van der Waals surface area contributed by atoms with Crippen LogP contribution in [0.2, 0.25) is 10.0 Å². The van der Waals surface area contributed by atoms with E-state index >= 15 is 0 Å². The number of hydrogen-bond donors (Lipinski definition) is 0. The summed E-state index contributed by atoms with van der Waals surface area (Å²) >= 11 is 11.7. The number of carbonyl (C=O) groups excluding carboxylic acids is 1. The number of carbonyl (C=O) groups is 1. The molecule has 0 spiro atoms. The van der Waals surface area contributed by atoms with Gasteiger partial charge in [0.1, 0.15) is 5.69 Å². The second-order valence-electron chi connectivity index (χ2n) is 3.05. The van der Waals surface area contributed by atoms with Crippen molar-refractivity contribution in [1.29, 1.82) is 0 Å². The van der Waals surface area contributed by atoms with E-state index in [1.54, 1.807) is 18.2 Å². The Labute approximate surface area is 102 Å². The molecule has 0 saturated carbocycles. The van der Waals surface area contributed by atoms with Crippen molar-refractivity contribution in [3.8, 4) is 11.4 Å². The molecule has 2 rings (SSSR count). The van der Waals surface area contributed by atoms with Crippen molar-refractivity contribution in [3.05, 3.63) is 46.2 Å². The Hall–Kier alpha value is -1.45. The molecule has 80 valence electrons. The van der Waals surface area contributed by atoms with Crippen LogP contribution < -0.4 is 0 Å². The van der Waals surface area contributed by atoms with E-state index in [1.165, 1.54) is 12.3 Å². The average Bonchev–Trinajstić information content (AvgIpc) is 2.33. The van der Waals surface area contributed by atoms with Crippen molar-refractivity contribution < 1.29 is 4.79 Å². The number of benzene rings is 1. The first kappa shape index (κ1) is 11.0.